The number of hydrogen-bond donors (Lipinski definition) is 6. The topological polar surface area (TPSA) is 246 Å². The minimum Gasteiger partial charge on any atom is -0.423 e. The number of nitro groups is 2. The second kappa shape index (κ2) is 13.3. The third kappa shape index (κ3) is 7.63. The van der Waals surface area contributed by atoms with Gasteiger partial charge in [0.15, 0.2) is 0 Å². The summed E-state index contributed by atoms with van der Waals surface area (Å²) in [5, 5.41) is 66.1. The van der Waals surface area contributed by atoms with Crippen molar-refractivity contribution in [1.82, 2.24) is 15.5 Å². The summed E-state index contributed by atoms with van der Waals surface area (Å²) in [5.74, 6) is -2.20. The second-order valence-electron chi connectivity index (χ2n) is 9.35. The monoisotopic (exact) mass is 571 g/mol. The van der Waals surface area contributed by atoms with E-state index in [1.807, 2.05) is 0 Å². The van der Waals surface area contributed by atoms with Crippen molar-refractivity contribution < 1.29 is 44.3 Å². The Labute approximate surface area is 233 Å². The van der Waals surface area contributed by atoms with Gasteiger partial charge < -0.3 is 35.6 Å². The zero-order chi connectivity index (χ0) is 30.4. The summed E-state index contributed by atoms with van der Waals surface area (Å²) in [6.45, 7) is 1.42. The lowest BCUT2D eigenvalue weighted by atomic mass is 9.79. The molecule has 0 bridgehead atoms. The van der Waals surface area contributed by atoms with E-state index in [2.05, 4.69) is 10.6 Å². The van der Waals surface area contributed by atoms with Gasteiger partial charge in [-0.05, 0) is 49.2 Å². The lowest BCUT2D eigenvalue weighted by Crippen LogP contribution is -2.53. The van der Waals surface area contributed by atoms with Crippen molar-refractivity contribution >= 4 is 54.3 Å². The zero-order valence-electron chi connectivity index (χ0n) is 21.8. The Balaban J connectivity index is 1.97. The molecule has 1 fully saturated rings. The number of nitrogens with one attached hydrogen (secondary N) is 2. The van der Waals surface area contributed by atoms with Crippen molar-refractivity contribution in [3.63, 3.8) is 0 Å². The van der Waals surface area contributed by atoms with Crippen LogP contribution < -0.4 is 21.6 Å². The first-order valence-electron chi connectivity index (χ1n) is 12.5. The highest BCUT2D eigenvalue weighted by molar-refractivity contribution is 6.59. The van der Waals surface area contributed by atoms with Gasteiger partial charge in [-0.15, -0.1) is 0 Å². The number of carbonyl (C=O) groups is 3. The number of carbonyl (C=O) groups excluding carboxylic acids is 3. The third-order valence-electron chi connectivity index (χ3n) is 6.55. The van der Waals surface area contributed by atoms with Gasteiger partial charge in [0.05, 0.1) is 15.9 Å². The van der Waals surface area contributed by atoms with E-state index in [9.17, 15) is 54.7 Å². The van der Waals surface area contributed by atoms with Crippen molar-refractivity contribution in [2.45, 2.75) is 38.3 Å². The molecule has 0 aliphatic heterocycles. The van der Waals surface area contributed by atoms with Crippen LogP contribution >= 0.6 is 0 Å². The Morgan fingerprint density at radius 2 is 1.44 bits per heavy atom. The molecule has 0 saturated heterocycles. The summed E-state index contributed by atoms with van der Waals surface area (Å²) in [4.78, 5) is 61.6. The third-order valence-corrected chi connectivity index (χ3v) is 6.55. The first kappa shape index (κ1) is 31.2. The predicted molar refractivity (Wildman–Crippen MR) is 144 cm³/mol. The number of nitro benzene ring substituents is 2. The van der Waals surface area contributed by atoms with E-state index in [0.29, 0.717) is 19.3 Å². The molecular formula is C23H27B2N5O11. The van der Waals surface area contributed by atoms with Crippen LogP contribution in [-0.2, 0) is 4.79 Å². The molecule has 6 N–H and O–H groups in total. The molecule has 2 atom stereocenters. The molecule has 18 heteroatoms. The van der Waals surface area contributed by atoms with Crippen LogP contribution in [0, 0.1) is 20.2 Å². The van der Waals surface area contributed by atoms with Gasteiger partial charge in [0, 0.05) is 48.0 Å². The number of likely N-dealkylation sites (N-methyl/N-ethyl adjacent to an activating group) is 1. The van der Waals surface area contributed by atoms with Crippen LogP contribution in [0.25, 0.3) is 0 Å². The van der Waals surface area contributed by atoms with Gasteiger partial charge in [0.25, 0.3) is 23.2 Å². The van der Waals surface area contributed by atoms with Gasteiger partial charge in [0.2, 0.25) is 5.91 Å². The lowest BCUT2D eigenvalue weighted by molar-refractivity contribution is -0.385. The van der Waals surface area contributed by atoms with Crippen LogP contribution in [0.2, 0.25) is 0 Å². The molecule has 216 valence electrons. The largest absolute Gasteiger partial charge is 0.488 e. The standard InChI is InChI=1S/C23H27B2N5O11/c1-2-26-21(31)12-28(23(33)14-7-16(25(36)37)11-18(9-14)30(40)41)20-5-3-4-19(20)27-22(32)13-6-15(24(34)35)10-17(8-13)29(38)39/h6-11,19-20,34-37H,2-5,12H2,1H3,(H,26,31)(H,27,32). The van der Waals surface area contributed by atoms with Crippen LogP contribution in [0.3, 0.4) is 0 Å². The molecule has 3 rings (SSSR count). The second-order valence-corrected chi connectivity index (χ2v) is 9.35. The predicted octanol–water partition coefficient (Wildman–Crippen LogP) is -2.21. The molecule has 3 amide bonds. The highest BCUT2D eigenvalue weighted by Gasteiger charge is 2.38. The summed E-state index contributed by atoms with van der Waals surface area (Å²) >= 11 is 0. The average Bonchev–Trinajstić information content (AvgIpc) is 3.38. The van der Waals surface area contributed by atoms with Crippen LogP contribution in [0.15, 0.2) is 36.4 Å². The maximum Gasteiger partial charge on any atom is 0.488 e. The molecule has 2 aromatic rings. The molecular weight excluding hydrogens is 544 g/mol. The van der Waals surface area contributed by atoms with Crippen molar-refractivity contribution in [3.05, 3.63) is 67.8 Å². The van der Waals surface area contributed by atoms with E-state index in [0.717, 1.165) is 41.3 Å². The van der Waals surface area contributed by atoms with Crippen LogP contribution in [0.4, 0.5) is 11.4 Å². The zero-order valence-corrected chi connectivity index (χ0v) is 21.8. The van der Waals surface area contributed by atoms with E-state index >= 15 is 0 Å². The van der Waals surface area contributed by atoms with Crippen molar-refractivity contribution in [3.8, 4) is 0 Å². The molecule has 0 spiro atoms. The minimum atomic E-state index is -2.12. The molecule has 0 aromatic heterocycles. The fourth-order valence-electron chi connectivity index (χ4n) is 4.68. The van der Waals surface area contributed by atoms with Crippen LogP contribution in [0.5, 0.6) is 0 Å². The summed E-state index contributed by atoms with van der Waals surface area (Å²) in [5.41, 5.74) is -2.26. The summed E-state index contributed by atoms with van der Waals surface area (Å²) < 4.78 is 0. The van der Waals surface area contributed by atoms with Gasteiger partial charge in [-0.2, -0.15) is 0 Å². The number of rotatable bonds is 11. The number of non-ortho nitro benzene ring substituents is 2. The first-order chi connectivity index (χ1) is 19.3. The molecule has 1 aliphatic carbocycles. The molecule has 2 aromatic carbocycles. The smallest absolute Gasteiger partial charge is 0.423 e. The SMILES string of the molecule is CCNC(=O)CN(C(=O)c1cc(B(O)O)cc([N+](=O)[O-])c1)C1CCCC1NC(=O)c1cc(B(O)O)cc([N+](=O)[O-])c1. The van der Waals surface area contributed by atoms with Crippen LogP contribution in [0.1, 0.15) is 46.9 Å². The Kier molecular flexibility index (Phi) is 10.1. The highest BCUT2D eigenvalue weighted by Crippen LogP contribution is 2.27. The molecule has 0 radical (unpaired) electrons. The number of nitrogens with zero attached hydrogens (tertiary/aromatic N) is 3. The average molecular weight is 571 g/mol. The van der Waals surface area contributed by atoms with E-state index in [1.165, 1.54) is 0 Å². The van der Waals surface area contributed by atoms with E-state index < -0.39 is 71.8 Å². The van der Waals surface area contributed by atoms with Crippen molar-refractivity contribution in [1.29, 1.82) is 0 Å². The fourth-order valence-corrected chi connectivity index (χ4v) is 4.68. The maximum atomic E-state index is 13.7. The number of benzene rings is 2. The lowest BCUT2D eigenvalue weighted by Gasteiger charge is -2.33. The summed E-state index contributed by atoms with van der Waals surface area (Å²) in [6.07, 6.45) is 1.16. The van der Waals surface area contributed by atoms with Gasteiger partial charge in [-0.1, -0.05) is 0 Å². The quantitative estimate of drug-likeness (QED) is 0.0959. The van der Waals surface area contributed by atoms with Gasteiger partial charge in [-0.25, -0.2) is 0 Å². The summed E-state index contributed by atoms with van der Waals surface area (Å²) in [7, 11) is -4.20. The highest BCUT2D eigenvalue weighted by atomic mass is 16.6. The molecule has 16 nitrogen and oxygen atoms in total. The molecule has 0 heterocycles. The van der Waals surface area contributed by atoms with E-state index in [4.69, 9.17) is 0 Å². The van der Waals surface area contributed by atoms with Gasteiger partial charge >= 0.3 is 14.2 Å². The number of hydrogen-bond acceptors (Lipinski definition) is 11. The van der Waals surface area contributed by atoms with Gasteiger partial charge in [-0.3, -0.25) is 34.6 Å². The molecule has 41 heavy (non-hydrogen) atoms. The Morgan fingerprint density at radius 3 is 1.95 bits per heavy atom. The molecule has 1 saturated carbocycles. The normalized spacial score (nSPS) is 16.0. The van der Waals surface area contributed by atoms with E-state index in [-0.39, 0.29) is 28.6 Å². The van der Waals surface area contributed by atoms with Crippen molar-refractivity contribution in [2.75, 3.05) is 13.1 Å². The maximum absolute atomic E-state index is 13.7. The first-order valence-corrected chi connectivity index (χ1v) is 12.5. The van der Waals surface area contributed by atoms with Crippen LogP contribution in [-0.4, -0.2) is 92.0 Å². The van der Waals surface area contributed by atoms with Gasteiger partial charge in [0.1, 0.15) is 6.54 Å². The number of amides is 3. The Bertz CT molecular complexity index is 1360. The summed E-state index contributed by atoms with van der Waals surface area (Å²) in [6, 6.07) is 4.26. The Morgan fingerprint density at radius 1 is 0.902 bits per heavy atom. The fraction of sp³-hybridized carbons (Fsp3) is 0.348. The van der Waals surface area contributed by atoms with E-state index in [1.54, 1.807) is 6.92 Å². The van der Waals surface area contributed by atoms with Crippen molar-refractivity contribution in [2.24, 2.45) is 0 Å². The molecule has 2 unspecified atom stereocenters. The Hall–Kier alpha value is -4.38. The molecule has 1 aliphatic rings. The minimum absolute atomic E-state index is 0.241.